The summed E-state index contributed by atoms with van der Waals surface area (Å²) in [6.07, 6.45) is 8.07. The van der Waals surface area contributed by atoms with Crippen LogP contribution in [0, 0.1) is 23.2 Å². The standard InChI is InChI=1S/C19H25NO2/c21-6-5-13-1-3-17(4-2-13)20-18(22)19-10-14-7-15(11-19)9-16(8-14)12-19/h1-4,14-16,21H,5-12H2,(H,20,22). The van der Waals surface area contributed by atoms with Crippen LogP contribution in [-0.2, 0) is 11.2 Å². The van der Waals surface area contributed by atoms with Crippen molar-refractivity contribution in [1.82, 2.24) is 0 Å². The van der Waals surface area contributed by atoms with Gasteiger partial charge < -0.3 is 10.4 Å². The molecule has 3 nitrogen and oxygen atoms in total. The van der Waals surface area contributed by atoms with Crippen molar-refractivity contribution in [3.8, 4) is 0 Å². The maximum atomic E-state index is 12.9. The molecule has 0 atom stereocenters. The Hall–Kier alpha value is -1.35. The molecule has 2 N–H and O–H groups in total. The van der Waals surface area contributed by atoms with Gasteiger partial charge in [0.1, 0.15) is 0 Å². The molecular formula is C19H25NO2. The van der Waals surface area contributed by atoms with Crippen molar-refractivity contribution in [3.05, 3.63) is 29.8 Å². The Kier molecular flexibility index (Phi) is 3.48. The van der Waals surface area contributed by atoms with Crippen LogP contribution in [0.15, 0.2) is 24.3 Å². The number of hydrogen-bond donors (Lipinski definition) is 2. The van der Waals surface area contributed by atoms with Crippen LogP contribution in [0.25, 0.3) is 0 Å². The lowest BCUT2D eigenvalue weighted by Gasteiger charge is -2.55. The van der Waals surface area contributed by atoms with Gasteiger partial charge in [0, 0.05) is 12.3 Å². The van der Waals surface area contributed by atoms with E-state index in [-0.39, 0.29) is 17.9 Å². The molecule has 4 bridgehead atoms. The fraction of sp³-hybridized carbons (Fsp3) is 0.632. The first-order valence-electron chi connectivity index (χ1n) is 8.68. The average molecular weight is 299 g/mol. The van der Waals surface area contributed by atoms with Gasteiger partial charge in [-0.2, -0.15) is 0 Å². The Morgan fingerprint density at radius 2 is 1.59 bits per heavy atom. The van der Waals surface area contributed by atoms with Gasteiger partial charge in [-0.15, -0.1) is 0 Å². The second kappa shape index (κ2) is 5.38. The molecule has 0 heterocycles. The first-order chi connectivity index (χ1) is 10.7. The first-order valence-corrected chi connectivity index (χ1v) is 8.68. The number of aliphatic hydroxyl groups is 1. The van der Waals surface area contributed by atoms with Gasteiger partial charge in [-0.05, 0) is 80.4 Å². The predicted octanol–water partition coefficient (Wildman–Crippen LogP) is 3.38. The molecule has 0 radical (unpaired) electrons. The second-order valence-electron chi connectivity index (χ2n) is 7.82. The third kappa shape index (κ3) is 2.45. The summed E-state index contributed by atoms with van der Waals surface area (Å²) in [5.41, 5.74) is 1.91. The minimum atomic E-state index is -0.0848. The minimum Gasteiger partial charge on any atom is -0.396 e. The summed E-state index contributed by atoms with van der Waals surface area (Å²) in [4.78, 5) is 12.9. The first kappa shape index (κ1) is 14.3. The molecule has 4 fully saturated rings. The summed E-state index contributed by atoms with van der Waals surface area (Å²) in [5, 5.41) is 12.1. The fourth-order valence-electron chi connectivity index (χ4n) is 5.54. The largest absolute Gasteiger partial charge is 0.396 e. The molecule has 0 aromatic heterocycles. The molecular weight excluding hydrogens is 274 g/mol. The van der Waals surface area contributed by atoms with Crippen molar-refractivity contribution in [3.63, 3.8) is 0 Å². The monoisotopic (exact) mass is 299 g/mol. The topological polar surface area (TPSA) is 49.3 Å². The van der Waals surface area contributed by atoms with Crippen molar-refractivity contribution in [2.24, 2.45) is 23.2 Å². The zero-order valence-corrected chi connectivity index (χ0v) is 13.1. The minimum absolute atomic E-state index is 0.0848. The summed E-state index contributed by atoms with van der Waals surface area (Å²) < 4.78 is 0. The number of benzene rings is 1. The van der Waals surface area contributed by atoms with E-state index in [9.17, 15) is 4.79 Å². The lowest BCUT2D eigenvalue weighted by Crippen LogP contribution is -2.51. The maximum Gasteiger partial charge on any atom is 0.230 e. The summed E-state index contributed by atoms with van der Waals surface area (Å²) in [6, 6.07) is 7.91. The van der Waals surface area contributed by atoms with Crippen LogP contribution in [0.1, 0.15) is 44.1 Å². The molecule has 4 aliphatic rings. The third-order valence-corrected chi connectivity index (χ3v) is 6.13. The lowest BCUT2D eigenvalue weighted by molar-refractivity contribution is -0.140. The molecule has 1 amide bonds. The van der Waals surface area contributed by atoms with Crippen molar-refractivity contribution < 1.29 is 9.90 Å². The predicted molar refractivity (Wildman–Crippen MR) is 86.5 cm³/mol. The highest BCUT2D eigenvalue weighted by Crippen LogP contribution is 2.60. The molecule has 4 saturated carbocycles. The number of amides is 1. The number of hydrogen-bond acceptors (Lipinski definition) is 2. The highest BCUT2D eigenvalue weighted by atomic mass is 16.3. The molecule has 4 aliphatic carbocycles. The normalized spacial score (nSPS) is 35.6. The highest BCUT2D eigenvalue weighted by molar-refractivity contribution is 5.95. The molecule has 0 unspecified atom stereocenters. The lowest BCUT2D eigenvalue weighted by atomic mass is 9.49. The highest BCUT2D eigenvalue weighted by Gasteiger charge is 2.54. The van der Waals surface area contributed by atoms with Gasteiger partial charge in [0.15, 0.2) is 0 Å². The molecule has 22 heavy (non-hydrogen) atoms. The number of aliphatic hydroxyl groups excluding tert-OH is 1. The second-order valence-corrected chi connectivity index (χ2v) is 7.82. The van der Waals surface area contributed by atoms with Crippen LogP contribution in [0.5, 0.6) is 0 Å². The molecule has 3 heteroatoms. The SMILES string of the molecule is O=C(Nc1ccc(CCO)cc1)C12CC3CC(CC(C3)C1)C2. The molecule has 118 valence electrons. The number of carbonyl (C=O) groups excluding carboxylic acids is 1. The summed E-state index contributed by atoms with van der Waals surface area (Å²) >= 11 is 0. The van der Waals surface area contributed by atoms with E-state index in [1.807, 2.05) is 24.3 Å². The van der Waals surface area contributed by atoms with E-state index >= 15 is 0 Å². The number of nitrogens with one attached hydrogen (secondary N) is 1. The van der Waals surface area contributed by atoms with Crippen molar-refractivity contribution in [2.75, 3.05) is 11.9 Å². The van der Waals surface area contributed by atoms with Crippen LogP contribution in [0.3, 0.4) is 0 Å². The number of anilines is 1. The Morgan fingerprint density at radius 3 is 2.09 bits per heavy atom. The van der Waals surface area contributed by atoms with Gasteiger partial charge in [0.05, 0.1) is 5.41 Å². The van der Waals surface area contributed by atoms with E-state index < -0.39 is 0 Å². The van der Waals surface area contributed by atoms with Crippen LogP contribution in [-0.4, -0.2) is 17.6 Å². The smallest absolute Gasteiger partial charge is 0.230 e. The van der Waals surface area contributed by atoms with Crippen LogP contribution >= 0.6 is 0 Å². The summed E-state index contributed by atoms with van der Waals surface area (Å²) in [5.74, 6) is 2.64. The molecule has 0 aliphatic heterocycles. The van der Waals surface area contributed by atoms with E-state index in [1.54, 1.807) is 0 Å². The summed E-state index contributed by atoms with van der Waals surface area (Å²) in [7, 11) is 0. The molecule has 5 rings (SSSR count). The van der Waals surface area contributed by atoms with Crippen LogP contribution < -0.4 is 5.32 Å². The zero-order chi connectivity index (χ0) is 15.2. The molecule has 1 aromatic carbocycles. The Balaban J connectivity index is 1.48. The zero-order valence-electron chi connectivity index (χ0n) is 13.1. The molecule has 0 spiro atoms. The van der Waals surface area contributed by atoms with Crippen molar-refractivity contribution in [2.45, 2.75) is 44.9 Å². The van der Waals surface area contributed by atoms with Crippen LogP contribution in [0.4, 0.5) is 5.69 Å². The number of rotatable bonds is 4. The van der Waals surface area contributed by atoms with Gasteiger partial charge >= 0.3 is 0 Å². The average Bonchev–Trinajstić information content (AvgIpc) is 2.48. The van der Waals surface area contributed by atoms with Gasteiger partial charge in [-0.3, -0.25) is 4.79 Å². The van der Waals surface area contributed by atoms with Crippen molar-refractivity contribution in [1.29, 1.82) is 0 Å². The maximum absolute atomic E-state index is 12.9. The van der Waals surface area contributed by atoms with E-state index in [4.69, 9.17) is 5.11 Å². The Bertz CT molecular complexity index is 528. The quantitative estimate of drug-likeness (QED) is 0.895. The van der Waals surface area contributed by atoms with Gasteiger partial charge in [-0.25, -0.2) is 0 Å². The van der Waals surface area contributed by atoms with E-state index in [1.165, 1.54) is 19.3 Å². The van der Waals surface area contributed by atoms with Crippen LogP contribution in [0.2, 0.25) is 0 Å². The van der Waals surface area contributed by atoms with E-state index in [0.29, 0.717) is 6.42 Å². The molecule has 0 saturated heterocycles. The van der Waals surface area contributed by atoms with Gasteiger partial charge in [-0.1, -0.05) is 12.1 Å². The van der Waals surface area contributed by atoms with Gasteiger partial charge in [0.25, 0.3) is 0 Å². The third-order valence-electron chi connectivity index (χ3n) is 6.13. The molecule has 1 aromatic rings. The van der Waals surface area contributed by atoms with Crippen molar-refractivity contribution >= 4 is 11.6 Å². The van der Waals surface area contributed by atoms with Gasteiger partial charge in [0.2, 0.25) is 5.91 Å². The Labute approximate surface area is 132 Å². The summed E-state index contributed by atoms with van der Waals surface area (Å²) in [6.45, 7) is 0.166. The van der Waals surface area contributed by atoms with E-state index in [2.05, 4.69) is 5.32 Å². The van der Waals surface area contributed by atoms with E-state index in [0.717, 1.165) is 48.3 Å². The number of carbonyl (C=O) groups is 1. The fourth-order valence-corrected chi connectivity index (χ4v) is 5.54. The Morgan fingerprint density at radius 1 is 1.05 bits per heavy atom.